The van der Waals surface area contributed by atoms with Crippen LogP contribution in [0, 0.1) is 17.1 Å². The maximum absolute atomic E-state index is 14.3. The Hall–Kier alpha value is -3.11. The second-order valence-corrected chi connectivity index (χ2v) is 7.28. The average molecular weight is 379 g/mol. The SMILES string of the molecule is N#Cc1cccc(CN2C(=O)N(c3ccccc3F)C(=O)C3SC=CC32)c1. The van der Waals surface area contributed by atoms with Gasteiger partial charge in [-0.25, -0.2) is 14.1 Å². The normalized spacial score (nSPS) is 21.3. The number of urea groups is 1. The Balaban J connectivity index is 1.72. The molecule has 3 amide bonds. The molecule has 4 rings (SSSR count). The lowest BCUT2D eigenvalue weighted by Gasteiger charge is -2.41. The van der Waals surface area contributed by atoms with Gasteiger partial charge in [0, 0.05) is 6.54 Å². The summed E-state index contributed by atoms with van der Waals surface area (Å²) in [6.07, 6.45) is 1.82. The number of anilines is 1. The zero-order valence-corrected chi connectivity index (χ0v) is 14.9. The zero-order valence-electron chi connectivity index (χ0n) is 14.1. The number of rotatable bonds is 3. The first kappa shape index (κ1) is 17.3. The van der Waals surface area contributed by atoms with Crippen LogP contribution in [-0.4, -0.2) is 28.1 Å². The van der Waals surface area contributed by atoms with Gasteiger partial charge in [0.2, 0.25) is 0 Å². The Morgan fingerprint density at radius 2 is 1.96 bits per heavy atom. The molecular formula is C20H14FN3O2S. The Labute approximate surface area is 159 Å². The molecule has 2 aliphatic heterocycles. The van der Waals surface area contributed by atoms with Crippen molar-refractivity contribution in [3.8, 4) is 6.07 Å². The maximum Gasteiger partial charge on any atom is 0.332 e. The van der Waals surface area contributed by atoms with E-state index in [1.807, 2.05) is 12.1 Å². The molecule has 2 aliphatic rings. The number of nitrogens with zero attached hydrogens (tertiary/aromatic N) is 3. The van der Waals surface area contributed by atoms with Gasteiger partial charge in [0.05, 0.1) is 23.4 Å². The molecular weight excluding hydrogens is 365 g/mol. The summed E-state index contributed by atoms with van der Waals surface area (Å²) in [5, 5.41) is 10.4. The standard InChI is InChI=1S/C20H14FN3O2S/c21-15-6-1-2-7-16(15)24-19(25)18-17(8-9-27-18)23(20(24)26)12-14-5-3-4-13(10-14)11-22/h1-10,17-18H,12H2. The first-order chi connectivity index (χ1) is 13.1. The molecule has 2 unspecified atom stereocenters. The molecule has 27 heavy (non-hydrogen) atoms. The van der Waals surface area contributed by atoms with Gasteiger partial charge < -0.3 is 4.90 Å². The largest absolute Gasteiger partial charge is 0.332 e. The Morgan fingerprint density at radius 3 is 2.74 bits per heavy atom. The molecule has 0 saturated carbocycles. The van der Waals surface area contributed by atoms with Crippen LogP contribution in [0.4, 0.5) is 14.9 Å². The molecule has 2 heterocycles. The van der Waals surface area contributed by atoms with Gasteiger partial charge in [-0.2, -0.15) is 5.26 Å². The van der Waals surface area contributed by atoms with Crippen molar-refractivity contribution in [2.75, 3.05) is 4.90 Å². The molecule has 0 bridgehead atoms. The summed E-state index contributed by atoms with van der Waals surface area (Å²) >= 11 is 1.32. The molecule has 5 nitrogen and oxygen atoms in total. The lowest BCUT2D eigenvalue weighted by molar-refractivity contribution is -0.119. The minimum atomic E-state index is -0.625. The summed E-state index contributed by atoms with van der Waals surface area (Å²) in [6.45, 7) is 0.221. The van der Waals surface area contributed by atoms with Crippen LogP contribution in [0.3, 0.4) is 0 Å². The van der Waals surface area contributed by atoms with E-state index >= 15 is 0 Å². The van der Waals surface area contributed by atoms with E-state index in [0.717, 1.165) is 10.5 Å². The van der Waals surface area contributed by atoms with Crippen molar-refractivity contribution >= 4 is 29.4 Å². The fraction of sp³-hybridized carbons (Fsp3) is 0.150. The predicted molar refractivity (Wildman–Crippen MR) is 100 cm³/mol. The predicted octanol–water partition coefficient (Wildman–Crippen LogP) is 3.66. The Bertz CT molecular complexity index is 1000. The summed E-state index contributed by atoms with van der Waals surface area (Å²) in [5.74, 6) is -1.05. The highest BCUT2D eigenvalue weighted by Crippen LogP contribution is 2.37. The van der Waals surface area contributed by atoms with E-state index in [-0.39, 0.29) is 12.2 Å². The van der Waals surface area contributed by atoms with Gasteiger partial charge in [-0.15, -0.1) is 11.8 Å². The highest BCUT2D eigenvalue weighted by Gasteiger charge is 2.48. The van der Waals surface area contributed by atoms with Crippen LogP contribution >= 0.6 is 11.8 Å². The van der Waals surface area contributed by atoms with Crippen molar-refractivity contribution in [2.45, 2.75) is 17.8 Å². The van der Waals surface area contributed by atoms with Gasteiger partial charge in [0.1, 0.15) is 11.1 Å². The van der Waals surface area contributed by atoms with Crippen molar-refractivity contribution in [1.82, 2.24) is 4.90 Å². The molecule has 7 heteroatoms. The smallest absolute Gasteiger partial charge is 0.312 e. The number of benzene rings is 2. The number of carbonyl (C=O) groups is 2. The number of halogens is 1. The number of hydrogen-bond acceptors (Lipinski definition) is 4. The second kappa shape index (κ2) is 6.89. The number of fused-ring (bicyclic) bond motifs is 1. The zero-order chi connectivity index (χ0) is 19.0. The first-order valence-corrected chi connectivity index (χ1v) is 9.24. The number of carbonyl (C=O) groups excluding carboxylic acids is 2. The highest BCUT2D eigenvalue weighted by atomic mass is 32.2. The van der Waals surface area contributed by atoms with Crippen molar-refractivity contribution in [3.63, 3.8) is 0 Å². The van der Waals surface area contributed by atoms with Crippen LogP contribution in [0.25, 0.3) is 0 Å². The molecule has 0 aromatic heterocycles. The van der Waals surface area contributed by atoms with Gasteiger partial charge in [0.15, 0.2) is 0 Å². The Kier molecular flexibility index (Phi) is 4.42. The maximum atomic E-state index is 14.3. The van der Waals surface area contributed by atoms with Gasteiger partial charge in [-0.1, -0.05) is 30.3 Å². The van der Waals surface area contributed by atoms with Gasteiger partial charge in [-0.3, -0.25) is 4.79 Å². The van der Waals surface area contributed by atoms with Crippen LogP contribution in [0.2, 0.25) is 0 Å². The summed E-state index contributed by atoms with van der Waals surface area (Å²) in [5.41, 5.74) is 1.22. The number of thioether (sulfide) groups is 1. The van der Waals surface area contributed by atoms with Crippen LogP contribution in [-0.2, 0) is 11.3 Å². The monoisotopic (exact) mass is 379 g/mol. The molecule has 2 aromatic rings. The quantitative estimate of drug-likeness (QED) is 0.816. The molecule has 2 aromatic carbocycles. The van der Waals surface area contributed by atoms with Crippen LogP contribution in [0.5, 0.6) is 0 Å². The van der Waals surface area contributed by atoms with Crippen LogP contribution in [0.15, 0.2) is 60.0 Å². The van der Waals surface area contributed by atoms with Gasteiger partial charge in [0.25, 0.3) is 5.91 Å². The molecule has 1 saturated heterocycles. The summed E-state index contributed by atoms with van der Waals surface area (Å²) in [7, 11) is 0. The highest BCUT2D eigenvalue weighted by molar-refractivity contribution is 8.03. The fourth-order valence-electron chi connectivity index (χ4n) is 3.30. The van der Waals surface area contributed by atoms with Gasteiger partial charge >= 0.3 is 6.03 Å². The van der Waals surface area contributed by atoms with E-state index in [1.165, 1.54) is 30.0 Å². The minimum absolute atomic E-state index is 0.0470. The molecule has 0 spiro atoms. The summed E-state index contributed by atoms with van der Waals surface area (Å²) < 4.78 is 14.3. The number of nitriles is 1. The average Bonchev–Trinajstić information content (AvgIpc) is 3.17. The molecule has 0 radical (unpaired) electrons. The number of hydrogen-bond donors (Lipinski definition) is 0. The fourth-order valence-corrected chi connectivity index (χ4v) is 4.35. The third-order valence-electron chi connectivity index (χ3n) is 4.57. The van der Waals surface area contributed by atoms with E-state index in [9.17, 15) is 14.0 Å². The second-order valence-electron chi connectivity index (χ2n) is 6.22. The van der Waals surface area contributed by atoms with E-state index in [1.54, 1.807) is 34.6 Å². The lowest BCUT2D eigenvalue weighted by atomic mass is 10.0. The third kappa shape index (κ3) is 2.98. The minimum Gasteiger partial charge on any atom is -0.312 e. The van der Waals surface area contributed by atoms with Crippen molar-refractivity contribution in [2.24, 2.45) is 0 Å². The summed E-state index contributed by atoms with van der Waals surface area (Å²) in [6, 6.07) is 13.8. The molecule has 134 valence electrons. The molecule has 0 N–H and O–H groups in total. The Morgan fingerprint density at radius 1 is 1.15 bits per heavy atom. The van der Waals surface area contributed by atoms with Crippen LogP contribution < -0.4 is 4.90 Å². The number of amides is 3. The first-order valence-electron chi connectivity index (χ1n) is 8.30. The van der Waals surface area contributed by atoms with E-state index in [2.05, 4.69) is 6.07 Å². The van der Waals surface area contributed by atoms with E-state index in [0.29, 0.717) is 5.56 Å². The topological polar surface area (TPSA) is 64.4 Å². The van der Waals surface area contributed by atoms with Crippen molar-refractivity contribution < 1.29 is 14.0 Å². The van der Waals surface area contributed by atoms with Crippen LogP contribution in [0.1, 0.15) is 11.1 Å². The molecule has 0 aliphatic carbocycles. The van der Waals surface area contributed by atoms with Gasteiger partial charge in [-0.05, 0) is 35.2 Å². The molecule has 1 fully saturated rings. The lowest BCUT2D eigenvalue weighted by Crippen LogP contribution is -2.61. The number of para-hydroxylation sites is 1. The summed E-state index contributed by atoms with van der Waals surface area (Å²) in [4.78, 5) is 28.5. The van der Waals surface area contributed by atoms with Crippen molar-refractivity contribution in [3.05, 3.63) is 77.0 Å². The van der Waals surface area contributed by atoms with E-state index < -0.39 is 29.0 Å². The molecule has 2 atom stereocenters. The third-order valence-corrected chi connectivity index (χ3v) is 5.66. The van der Waals surface area contributed by atoms with E-state index in [4.69, 9.17) is 5.26 Å². The number of imide groups is 1. The van der Waals surface area contributed by atoms with Crippen molar-refractivity contribution in [1.29, 1.82) is 5.26 Å².